The van der Waals surface area contributed by atoms with Crippen LogP contribution in [-0.2, 0) is 9.53 Å². The van der Waals surface area contributed by atoms with Crippen LogP contribution in [0.25, 0.3) is 0 Å². The summed E-state index contributed by atoms with van der Waals surface area (Å²) in [6.07, 6.45) is 8.31. The van der Waals surface area contributed by atoms with Gasteiger partial charge in [0.1, 0.15) is 0 Å². The molecule has 0 radical (unpaired) electrons. The Balaban J connectivity index is 2.51. The smallest absolute Gasteiger partial charge is 0.313 e. The van der Waals surface area contributed by atoms with Crippen LogP contribution in [0.3, 0.4) is 0 Å². The molecule has 0 saturated carbocycles. The molecule has 2 nitrogen and oxygen atoms in total. The lowest BCUT2D eigenvalue weighted by Crippen LogP contribution is -2.19. The van der Waals surface area contributed by atoms with E-state index >= 15 is 0 Å². The predicted molar refractivity (Wildman–Crippen MR) is 88.4 cm³/mol. The second-order valence-corrected chi connectivity index (χ2v) is 6.01. The maximum atomic E-state index is 12.3. The molecule has 0 heterocycles. The summed E-state index contributed by atoms with van der Waals surface area (Å²) < 4.78 is 5.42. The average molecular weight is 290 g/mol. The molecule has 0 aromatic heterocycles. The Bertz CT molecular complexity index is 384. The monoisotopic (exact) mass is 290 g/mol. The molecule has 1 unspecified atom stereocenters. The molecule has 0 aliphatic heterocycles. The number of rotatable bonds is 10. The average Bonchev–Trinajstić information content (AvgIpc) is 2.46. The Morgan fingerprint density at radius 3 is 2.24 bits per heavy atom. The third kappa shape index (κ3) is 7.31. The van der Waals surface area contributed by atoms with E-state index in [1.54, 1.807) is 0 Å². The zero-order valence-corrected chi connectivity index (χ0v) is 13.8. The Hall–Kier alpha value is -1.31. The molecular weight excluding hydrogens is 260 g/mol. The van der Waals surface area contributed by atoms with Gasteiger partial charge in [-0.1, -0.05) is 75.8 Å². The minimum absolute atomic E-state index is 0.0479. The Labute approximate surface area is 129 Å². The van der Waals surface area contributed by atoms with E-state index in [9.17, 15) is 4.79 Å². The van der Waals surface area contributed by atoms with Crippen molar-refractivity contribution in [3.8, 4) is 0 Å². The topological polar surface area (TPSA) is 26.3 Å². The molecular formula is C19H30O2. The number of hydrogen-bond acceptors (Lipinski definition) is 2. The van der Waals surface area contributed by atoms with Gasteiger partial charge in [-0.15, -0.1) is 0 Å². The van der Waals surface area contributed by atoms with Gasteiger partial charge in [-0.3, -0.25) is 4.79 Å². The fraction of sp³-hybridized carbons (Fsp3) is 0.632. The predicted octanol–water partition coefficient (Wildman–Crippen LogP) is 5.47. The molecule has 1 atom stereocenters. The molecule has 0 bridgehead atoms. The number of carbonyl (C=O) groups excluding carboxylic acids is 1. The number of ether oxygens (including phenoxy) is 1. The molecule has 0 aliphatic rings. The van der Waals surface area contributed by atoms with Crippen LogP contribution in [0.1, 0.15) is 77.2 Å². The molecule has 0 fully saturated rings. The molecule has 1 aromatic rings. The molecule has 1 rings (SSSR count). The van der Waals surface area contributed by atoms with E-state index in [2.05, 4.69) is 6.92 Å². The molecule has 0 N–H and O–H groups in total. The zero-order chi connectivity index (χ0) is 15.5. The van der Waals surface area contributed by atoms with E-state index in [0.29, 0.717) is 0 Å². The van der Waals surface area contributed by atoms with Gasteiger partial charge in [-0.05, 0) is 25.8 Å². The fourth-order valence-electron chi connectivity index (χ4n) is 2.55. The first kappa shape index (κ1) is 17.7. The summed E-state index contributed by atoms with van der Waals surface area (Å²) in [6.45, 7) is 6.04. The van der Waals surface area contributed by atoms with Crippen molar-refractivity contribution in [3.05, 3.63) is 35.9 Å². The normalized spacial score (nSPS) is 12.4. The van der Waals surface area contributed by atoms with E-state index in [-0.39, 0.29) is 18.0 Å². The number of unbranched alkanes of at least 4 members (excludes halogenated alkanes) is 5. The Morgan fingerprint density at radius 1 is 1.00 bits per heavy atom. The van der Waals surface area contributed by atoms with Crippen molar-refractivity contribution >= 4 is 5.97 Å². The SMILES string of the molecule is CCCCCCCCC(C(=O)OC(C)C)c1ccccc1. The van der Waals surface area contributed by atoms with Crippen molar-refractivity contribution in [2.24, 2.45) is 0 Å². The molecule has 0 aliphatic carbocycles. The van der Waals surface area contributed by atoms with Gasteiger partial charge in [0, 0.05) is 0 Å². The van der Waals surface area contributed by atoms with Crippen molar-refractivity contribution in [2.75, 3.05) is 0 Å². The molecule has 0 spiro atoms. The van der Waals surface area contributed by atoms with Crippen molar-refractivity contribution in [1.82, 2.24) is 0 Å². The lowest BCUT2D eigenvalue weighted by Gasteiger charge is -2.18. The summed E-state index contributed by atoms with van der Waals surface area (Å²) in [5.74, 6) is -0.190. The maximum Gasteiger partial charge on any atom is 0.313 e. The zero-order valence-electron chi connectivity index (χ0n) is 13.8. The van der Waals surface area contributed by atoms with Crippen molar-refractivity contribution < 1.29 is 9.53 Å². The first-order valence-corrected chi connectivity index (χ1v) is 8.40. The van der Waals surface area contributed by atoms with Crippen molar-refractivity contribution in [1.29, 1.82) is 0 Å². The van der Waals surface area contributed by atoms with Gasteiger partial charge >= 0.3 is 5.97 Å². The standard InChI is InChI=1S/C19H30O2/c1-4-5-6-7-8-12-15-18(19(20)21-16(2)3)17-13-10-9-11-14-17/h9-11,13-14,16,18H,4-8,12,15H2,1-3H3. The summed E-state index contributed by atoms with van der Waals surface area (Å²) in [7, 11) is 0. The van der Waals surface area contributed by atoms with Crippen LogP contribution < -0.4 is 0 Å². The quantitative estimate of drug-likeness (QED) is 0.422. The second kappa shape index (κ2) is 10.4. The molecule has 2 heteroatoms. The van der Waals surface area contributed by atoms with E-state index in [4.69, 9.17) is 4.74 Å². The minimum atomic E-state index is -0.111. The lowest BCUT2D eigenvalue weighted by molar-refractivity contribution is -0.149. The summed E-state index contributed by atoms with van der Waals surface area (Å²) >= 11 is 0. The van der Waals surface area contributed by atoms with Crippen LogP contribution in [0, 0.1) is 0 Å². The molecule has 0 amide bonds. The first-order chi connectivity index (χ1) is 10.1. The highest BCUT2D eigenvalue weighted by molar-refractivity contribution is 5.78. The minimum Gasteiger partial charge on any atom is -0.463 e. The van der Waals surface area contributed by atoms with Crippen LogP contribution in [-0.4, -0.2) is 12.1 Å². The highest BCUT2D eigenvalue weighted by Gasteiger charge is 2.22. The third-order valence-corrected chi connectivity index (χ3v) is 3.68. The number of hydrogen-bond donors (Lipinski definition) is 0. The van der Waals surface area contributed by atoms with Crippen molar-refractivity contribution in [3.63, 3.8) is 0 Å². The number of carbonyl (C=O) groups is 1. The fourth-order valence-corrected chi connectivity index (χ4v) is 2.55. The highest BCUT2D eigenvalue weighted by atomic mass is 16.5. The summed E-state index contributed by atoms with van der Waals surface area (Å²) in [4.78, 5) is 12.3. The summed E-state index contributed by atoms with van der Waals surface area (Å²) in [5, 5.41) is 0. The van der Waals surface area contributed by atoms with Crippen LogP contribution in [0.5, 0.6) is 0 Å². The Morgan fingerprint density at radius 2 is 1.62 bits per heavy atom. The molecule has 21 heavy (non-hydrogen) atoms. The molecule has 118 valence electrons. The van der Waals surface area contributed by atoms with Gasteiger partial charge < -0.3 is 4.74 Å². The van der Waals surface area contributed by atoms with E-state index in [0.717, 1.165) is 18.4 Å². The van der Waals surface area contributed by atoms with Crippen molar-refractivity contribution in [2.45, 2.75) is 77.7 Å². The first-order valence-electron chi connectivity index (χ1n) is 8.40. The largest absolute Gasteiger partial charge is 0.463 e. The molecule has 1 aromatic carbocycles. The maximum absolute atomic E-state index is 12.3. The lowest BCUT2D eigenvalue weighted by atomic mass is 9.93. The van der Waals surface area contributed by atoms with Crippen LogP contribution in [0.15, 0.2) is 30.3 Å². The van der Waals surface area contributed by atoms with Gasteiger partial charge in [0.2, 0.25) is 0 Å². The third-order valence-electron chi connectivity index (χ3n) is 3.68. The molecule has 0 saturated heterocycles. The summed E-state index contributed by atoms with van der Waals surface area (Å²) in [5.41, 5.74) is 1.08. The number of esters is 1. The van der Waals surface area contributed by atoms with Gasteiger partial charge in [-0.25, -0.2) is 0 Å². The van der Waals surface area contributed by atoms with Gasteiger partial charge in [-0.2, -0.15) is 0 Å². The van der Waals surface area contributed by atoms with Crippen LogP contribution >= 0.6 is 0 Å². The number of benzene rings is 1. The summed E-state index contributed by atoms with van der Waals surface area (Å²) in [6, 6.07) is 10.0. The second-order valence-electron chi connectivity index (χ2n) is 6.01. The highest BCUT2D eigenvalue weighted by Crippen LogP contribution is 2.25. The van der Waals surface area contributed by atoms with Gasteiger partial charge in [0.25, 0.3) is 0 Å². The van der Waals surface area contributed by atoms with E-state index < -0.39 is 0 Å². The van der Waals surface area contributed by atoms with Crippen LogP contribution in [0.2, 0.25) is 0 Å². The van der Waals surface area contributed by atoms with E-state index in [1.165, 1.54) is 32.1 Å². The van der Waals surface area contributed by atoms with Gasteiger partial charge in [0.05, 0.1) is 12.0 Å². The van der Waals surface area contributed by atoms with Gasteiger partial charge in [0.15, 0.2) is 0 Å². The van der Waals surface area contributed by atoms with Crippen LogP contribution in [0.4, 0.5) is 0 Å². The Kier molecular flexibility index (Phi) is 8.80. The van der Waals surface area contributed by atoms with E-state index in [1.807, 2.05) is 44.2 Å².